The predicted molar refractivity (Wildman–Crippen MR) is 119 cm³/mol. The van der Waals surface area contributed by atoms with Crippen molar-refractivity contribution in [2.45, 2.75) is 12.7 Å². The number of nitrogens with zero attached hydrogens (tertiary/aromatic N) is 1. The Bertz CT molecular complexity index is 1280. The Hall–Kier alpha value is -2.32. The van der Waals surface area contributed by atoms with Gasteiger partial charge in [0, 0.05) is 22.3 Å². The van der Waals surface area contributed by atoms with Crippen LogP contribution in [0.5, 0.6) is 0 Å². The molecule has 4 rings (SSSR count). The van der Waals surface area contributed by atoms with Gasteiger partial charge in [-0.2, -0.15) is 13.2 Å². The first-order valence-corrected chi connectivity index (χ1v) is 10.3. The molecule has 8 heteroatoms. The molecule has 0 saturated heterocycles. The first kappa shape index (κ1) is 24.3. The number of thiophene rings is 1. The second-order valence-electron chi connectivity index (χ2n) is 7.23. The summed E-state index contributed by atoms with van der Waals surface area (Å²) < 4.78 is 40.1. The van der Waals surface area contributed by atoms with Gasteiger partial charge in [-0.3, -0.25) is 0 Å². The number of benzene rings is 3. The third-order valence-corrected chi connectivity index (χ3v) is 6.19. The zero-order valence-electron chi connectivity index (χ0n) is 18.5. The zero-order chi connectivity index (χ0) is 22.2. The quantitative estimate of drug-likeness (QED) is 0.453. The fourth-order valence-corrected chi connectivity index (χ4v) is 4.73. The summed E-state index contributed by atoms with van der Waals surface area (Å²) in [6.45, 7) is 0.454. The van der Waals surface area contributed by atoms with Crippen LogP contribution in [0.4, 0.5) is 18.9 Å². The third-order valence-electron chi connectivity index (χ3n) is 5.02. The molecule has 3 nitrogen and oxygen atoms in total. The normalized spacial score (nSPS) is 11.2. The second kappa shape index (κ2) is 9.67. The monoisotopic (exact) mass is 465 g/mol. The smallest absolute Gasteiger partial charge is 1.00 e. The number of carbonyl (C=O) groups is 1. The molecule has 1 heterocycles. The van der Waals surface area contributed by atoms with Crippen molar-refractivity contribution in [2.24, 2.45) is 0 Å². The minimum atomic E-state index is -4.38. The molecular formula is C24H19F3NNaO2S. The average Bonchev–Trinajstić information content (AvgIpc) is 3.15. The van der Waals surface area contributed by atoms with Gasteiger partial charge in [0.2, 0.25) is 0 Å². The van der Waals surface area contributed by atoms with E-state index in [0.29, 0.717) is 12.2 Å². The summed E-state index contributed by atoms with van der Waals surface area (Å²) in [5.74, 6) is -0.983. The molecule has 0 bridgehead atoms. The number of rotatable bonds is 5. The molecule has 1 N–H and O–H groups in total. The van der Waals surface area contributed by atoms with E-state index in [-0.39, 0.29) is 36.5 Å². The molecule has 0 amide bonds. The van der Waals surface area contributed by atoms with Crippen molar-refractivity contribution in [3.63, 3.8) is 0 Å². The van der Waals surface area contributed by atoms with Crippen LogP contribution in [0.1, 0.15) is 22.2 Å². The summed E-state index contributed by atoms with van der Waals surface area (Å²) in [4.78, 5) is 14.1. The van der Waals surface area contributed by atoms with Crippen LogP contribution >= 0.6 is 11.3 Å². The van der Waals surface area contributed by atoms with Crippen LogP contribution in [0, 0.1) is 0 Å². The summed E-state index contributed by atoms with van der Waals surface area (Å²) in [5, 5.41) is 10.3. The molecule has 0 atom stereocenters. The Kier molecular flexibility index (Phi) is 7.35. The molecule has 0 radical (unpaired) electrons. The number of carboxylic acids is 1. The van der Waals surface area contributed by atoms with E-state index >= 15 is 0 Å². The summed E-state index contributed by atoms with van der Waals surface area (Å²) in [6, 6.07) is 19.9. The Morgan fingerprint density at radius 2 is 1.75 bits per heavy atom. The third kappa shape index (κ3) is 5.18. The van der Waals surface area contributed by atoms with Crippen molar-refractivity contribution in [1.29, 1.82) is 0 Å². The number of carboxylic acid groups (broad SMARTS) is 1. The van der Waals surface area contributed by atoms with Crippen LogP contribution in [0.3, 0.4) is 0 Å². The number of fused-ring (bicyclic) bond motifs is 1. The van der Waals surface area contributed by atoms with E-state index in [1.54, 1.807) is 47.5 Å². The van der Waals surface area contributed by atoms with Gasteiger partial charge in [-0.05, 0) is 52.9 Å². The predicted octanol–water partition coefficient (Wildman–Crippen LogP) is 4.04. The summed E-state index contributed by atoms with van der Waals surface area (Å²) in [5.41, 5.74) is 1.77. The molecule has 0 spiro atoms. The molecule has 0 aliphatic heterocycles. The fraction of sp³-hybridized carbons (Fsp3) is 0.125. The van der Waals surface area contributed by atoms with Crippen molar-refractivity contribution >= 4 is 33.1 Å². The maximum absolute atomic E-state index is 13.0. The number of alkyl halides is 3. The fourth-order valence-electron chi connectivity index (χ4n) is 3.49. The Morgan fingerprint density at radius 3 is 2.47 bits per heavy atom. The molecule has 0 fully saturated rings. The standard InChI is InChI=1S/C24H18F3NO2S.Na.H/c1-28(19-9-4-8-18(13-19)24(25,26)27)14-20-12-16-6-3-10-21(22(16)31-20)15-5-2-7-17(11-15)23(29)30;;/h2-13H,14H2,1H3,(H,29,30);;/q;+1;-1. The SMILES string of the molecule is CN(Cc1cc2cccc(-c3cccc(C(=O)O)c3)c2s1)c1cccc(C(F)(F)F)c1.[H-].[Na+]. The topological polar surface area (TPSA) is 40.5 Å². The molecule has 0 saturated carbocycles. The minimum Gasteiger partial charge on any atom is -1.00 e. The van der Waals surface area contributed by atoms with Crippen molar-refractivity contribution in [3.05, 3.63) is 88.8 Å². The Labute approximate surface area is 210 Å². The molecule has 4 aromatic rings. The van der Waals surface area contributed by atoms with E-state index in [4.69, 9.17) is 0 Å². The van der Waals surface area contributed by atoms with Gasteiger partial charge < -0.3 is 11.4 Å². The molecule has 3 aromatic carbocycles. The van der Waals surface area contributed by atoms with Crippen LogP contribution in [0.25, 0.3) is 21.2 Å². The first-order chi connectivity index (χ1) is 14.7. The number of halogens is 3. The minimum absolute atomic E-state index is 0. The first-order valence-electron chi connectivity index (χ1n) is 9.46. The molecule has 0 aliphatic rings. The molecule has 0 unspecified atom stereocenters. The summed E-state index contributed by atoms with van der Waals surface area (Å²) in [7, 11) is 1.76. The maximum atomic E-state index is 13.0. The van der Waals surface area contributed by atoms with Crippen molar-refractivity contribution in [2.75, 3.05) is 11.9 Å². The Morgan fingerprint density at radius 1 is 1.03 bits per heavy atom. The second-order valence-corrected chi connectivity index (χ2v) is 8.36. The summed E-state index contributed by atoms with van der Waals surface area (Å²) >= 11 is 1.55. The van der Waals surface area contributed by atoms with E-state index < -0.39 is 17.7 Å². The van der Waals surface area contributed by atoms with E-state index in [2.05, 4.69) is 0 Å². The maximum Gasteiger partial charge on any atom is 1.00 e. The average molecular weight is 465 g/mol. The van der Waals surface area contributed by atoms with Crippen LogP contribution in [0.2, 0.25) is 0 Å². The number of anilines is 1. The van der Waals surface area contributed by atoms with E-state index in [0.717, 1.165) is 38.2 Å². The van der Waals surface area contributed by atoms with Crippen molar-refractivity contribution in [1.82, 2.24) is 0 Å². The van der Waals surface area contributed by atoms with E-state index in [9.17, 15) is 23.1 Å². The molecular weight excluding hydrogens is 446 g/mol. The van der Waals surface area contributed by atoms with Gasteiger partial charge >= 0.3 is 41.7 Å². The van der Waals surface area contributed by atoms with Crippen LogP contribution in [-0.2, 0) is 12.7 Å². The number of hydrogen-bond donors (Lipinski definition) is 1. The van der Waals surface area contributed by atoms with Gasteiger partial charge in [0.1, 0.15) is 0 Å². The van der Waals surface area contributed by atoms with E-state index in [1.165, 1.54) is 6.07 Å². The number of hydrogen-bond acceptors (Lipinski definition) is 3. The molecule has 0 aliphatic carbocycles. The zero-order valence-corrected chi connectivity index (χ0v) is 20.3. The van der Waals surface area contributed by atoms with Gasteiger partial charge in [-0.1, -0.05) is 36.4 Å². The van der Waals surface area contributed by atoms with Crippen molar-refractivity contribution in [3.8, 4) is 11.1 Å². The molecule has 1 aromatic heterocycles. The van der Waals surface area contributed by atoms with Crippen LogP contribution in [-0.4, -0.2) is 18.1 Å². The molecule has 32 heavy (non-hydrogen) atoms. The largest absolute Gasteiger partial charge is 1.00 e. The van der Waals surface area contributed by atoms with Gasteiger partial charge in [0.25, 0.3) is 0 Å². The van der Waals surface area contributed by atoms with Crippen LogP contribution < -0.4 is 34.5 Å². The van der Waals surface area contributed by atoms with Crippen LogP contribution in [0.15, 0.2) is 72.8 Å². The van der Waals surface area contributed by atoms with Crippen molar-refractivity contribution < 1.29 is 54.1 Å². The summed E-state index contributed by atoms with van der Waals surface area (Å²) in [6.07, 6.45) is -4.38. The van der Waals surface area contributed by atoms with Gasteiger partial charge in [-0.25, -0.2) is 4.79 Å². The van der Waals surface area contributed by atoms with Gasteiger partial charge in [-0.15, -0.1) is 11.3 Å². The molecule has 160 valence electrons. The van der Waals surface area contributed by atoms with Gasteiger partial charge in [0.05, 0.1) is 17.7 Å². The van der Waals surface area contributed by atoms with E-state index in [1.807, 2.05) is 30.3 Å². The number of aromatic carboxylic acids is 1. The Balaban J connectivity index is 0.00000193. The van der Waals surface area contributed by atoms with Gasteiger partial charge in [0.15, 0.2) is 0 Å².